The summed E-state index contributed by atoms with van der Waals surface area (Å²) in [6.45, 7) is 2.32. The Morgan fingerprint density at radius 3 is 2.54 bits per heavy atom. The van der Waals surface area contributed by atoms with Gasteiger partial charge in [-0.3, -0.25) is 9.78 Å². The molecule has 6 heteroatoms. The van der Waals surface area contributed by atoms with Crippen molar-refractivity contribution in [3.8, 4) is 22.3 Å². The molecule has 0 atom stereocenters. The number of carbonyl (C=O) groups excluding carboxylic acids is 1. The van der Waals surface area contributed by atoms with Crippen molar-refractivity contribution in [2.24, 2.45) is 0 Å². The largest absolute Gasteiger partial charge is 0.387 e. The molecule has 2 heterocycles. The average Bonchev–Trinajstić information content (AvgIpc) is 2.68. The minimum absolute atomic E-state index is 0.0889. The van der Waals surface area contributed by atoms with E-state index in [4.69, 9.17) is 0 Å². The molecule has 0 bridgehead atoms. The van der Waals surface area contributed by atoms with E-state index < -0.39 is 0 Å². The monoisotopic (exact) mass is 375 g/mol. The van der Waals surface area contributed by atoms with Crippen molar-refractivity contribution in [2.45, 2.75) is 6.92 Å². The Bertz CT molecular complexity index is 984. The highest BCUT2D eigenvalue weighted by atomic mass is 16.2. The van der Waals surface area contributed by atoms with Crippen molar-refractivity contribution in [1.29, 1.82) is 0 Å². The molecule has 0 aliphatic rings. The second-order valence-corrected chi connectivity index (χ2v) is 6.90. The van der Waals surface area contributed by atoms with Crippen LogP contribution in [0.1, 0.15) is 5.69 Å². The van der Waals surface area contributed by atoms with Crippen LogP contribution in [0.3, 0.4) is 0 Å². The van der Waals surface area contributed by atoms with E-state index in [2.05, 4.69) is 44.9 Å². The molecule has 1 aromatic carbocycles. The third-order valence-electron chi connectivity index (χ3n) is 4.37. The Morgan fingerprint density at radius 1 is 1.04 bits per heavy atom. The lowest BCUT2D eigenvalue weighted by Gasteiger charge is -2.12. The van der Waals surface area contributed by atoms with E-state index in [1.807, 2.05) is 57.4 Å². The maximum Gasteiger partial charge on any atom is 0.239 e. The molecule has 0 aliphatic heterocycles. The van der Waals surface area contributed by atoms with Gasteiger partial charge in [0.05, 0.1) is 18.4 Å². The number of hydrogen-bond acceptors (Lipinski definition) is 5. The fourth-order valence-corrected chi connectivity index (χ4v) is 2.98. The number of aromatic nitrogens is 2. The van der Waals surface area contributed by atoms with Crippen LogP contribution in [0.15, 0.2) is 54.9 Å². The molecule has 0 saturated heterocycles. The maximum atomic E-state index is 12.0. The zero-order valence-corrected chi connectivity index (χ0v) is 16.7. The predicted octanol–water partition coefficient (Wildman–Crippen LogP) is 3.66. The lowest BCUT2D eigenvalue weighted by molar-refractivity contribution is -0.116. The molecule has 1 amide bonds. The lowest BCUT2D eigenvalue weighted by Crippen LogP contribution is -2.27. The molecule has 0 aliphatic carbocycles. The molecule has 144 valence electrons. The molecule has 3 rings (SSSR count). The number of amides is 1. The summed E-state index contributed by atoms with van der Waals surface area (Å²) >= 11 is 0. The van der Waals surface area contributed by atoms with Crippen LogP contribution in [0.5, 0.6) is 0 Å². The Kier molecular flexibility index (Phi) is 6.01. The molecule has 0 spiro atoms. The third kappa shape index (κ3) is 4.72. The summed E-state index contributed by atoms with van der Waals surface area (Å²) in [5, 5.41) is 5.98. The number of rotatable bonds is 6. The van der Waals surface area contributed by atoms with Crippen molar-refractivity contribution < 1.29 is 4.79 Å². The standard InChI is InChI=1S/C22H25N5O/c1-15-20(12-19(23-2)13-25-15)18-7-5-6-16(10-18)17-8-9-24-21(11-17)26-22(28)14-27(3)4/h5-13,23H,14H2,1-4H3,(H,24,26,28). The number of nitrogens with one attached hydrogen (secondary N) is 2. The number of benzene rings is 1. The summed E-state index contributed by atoms with van der Waals surface area (Å²) in [5.74, 6) is 0.457. The van der Waals surface area contributed by atoms with E-state index in [-0.39, 0.29) is 5.91 Å². The molecule has 6 nitrogen and oxygen atoms in total. The Morgan fingerprint density at radius 2 is 1.79 bits per heavy atom. The first-order valence-corrected chi connectivity index (χ1v) is 9.12. The van der Waals surface area contributed by atoms with Gasteiger partial charge in [0.1, 0.15) is 5.82 Å². The van der Waals surface area contributed by atoms with Gasteiger partial charge in [0.15, 0.2) is 0 Å². The van der Waals surface area contributed by atoms with Gasteiger partial charge in [0.2, 0.25) is 5.91 Å². The van der Waals surface area contributed by atoms with E-state index >= 15 is 0 Å². The number of nitrogens with zero attached hydrogens (tertiary/aromatic N) is 3. The molecule has 28 heavy (non-hydrogen) atoms. The summed E-state index contributed by atoms with van der Waals surface area (Å²) in [6, 6.07) is 14.2. The van der Waals surface area contributed by atoms with Crippen LogP contribution in [-0.4, -0.2) is 48.5 Å². The fourth-order valence-electron chi connectivity index (χ4n) is 2.98. The van der Waals surface area contributed by atoms with Crippen LogP contribution in [0.25, 0.3) is 22.3 Å². The highest BCUT2D eigenvalue weighted by molar-refractivity contribution is 5.92. The summed E-state index contributed by atoms with van der Waals surface area (Å²) in [4.78, 5) is 22.6. The van der Waals surface area contributed by atoms with Crippen LogP contribution in [0.4, 0.5) is 11.5 Å². The maximum absolute atomic E-state index is 12.0. The van der Waals surface area contributed by atoms with Crippen LogP contribution >= 0.6 is 0 Å². The van der Waals surface area contributed by atoms with Gasteiger partial charge in [-0.05, 0) is 62.0 Å². The first-order chi connectivity index (χ1) is 13.5. The number of pyridine rings is 2. The highest BCUT2D eigenvalue weighted by Crippen LogP contribution is 2.29. The van der Waals surface area contributed by atoms with E-state index in [0.717, 1.165) is 33.6 Å². The molecule has 2 aromatic heterocycles. The minimum Gasteiger partial charge on any atom is -0.387 e. The smallest absolute Gasteiger partial charge is 0.239 e. The van der Waals surface area contributed by atoms with E-state index in [1.165, 1.54) is 0 Å². The van der Waals surface area contributed by atoms with Gasteiger partial charge in [0.25, 0.3) is 0 Å². The number of anilines is 2. The molecule has 0 unspecified atom stereocenters. The van der Waals surface area contributed by atoms with E-state index in [0.29, 0.717) is 12.4 Å². The molecule has 0 saturated carbocycles. The van der Waals surface area contributed by atoms with Gasteiger partial charge in [0, 0.05) is 24.5 Å². The normalized spacial score (nSPS) is 10.8. The van der Waals surface area contributed by atoms with Crippen molar-refractivity contribution >= 4 is 17.4 Å². The summed E-state index contributed by atoms with van der Waals surface area (Å²) in [7, 11) is 5.60. The summed E-state index contributed by atoms with van der Waals surface area (Å²) < 4.78 is 0. The Balaban J connectivity index is 1.91. The zero-order valence-electron chi connectivity index (χ0n) is 16.7. The van der Waals surface area contributed by atoms with Gasteiger partial charge < -0.3 is 15.5 Å². The van der Waals surface area contributed by atoms with Crippen molar-refractivity contribution in [3.05, 3.63) is 60.6 Å². The van der Waals surface area contributed by atoms with Crippen LogP contribution in [0, 0.1) is 6.92 Å². The van der Waals surface area contributed by atoms with E-state index in [1.54, 1.807) is 6.20 Å². The van der Waals surface area contributed by atoms with Gasteiger partial charge in [-0.15, -0.1) is 0 Å². The van der Waals surface area contributed by atoms with Gasteiger partial charge in [-0.1, -0.05) is 18.2 Å². The van der Waals surface area contributed by atoms with Crippen molar-refractivity contribution in [2.75, 3.05) is 38.3 Å². The van der Waals surface area contributed by atoms with Crippen LogP contribution in [-0.2, 0) is 4.79 Å². The number of carbonyl (C=O) groups is 1. The second-order valence-electron chi connectivity index (χ2n) is 6.90. The topological polar surface area (TPSA) is 70.1 Å². The van der Waals surface area contributed by atoms with Gasteiger partial charge >= 0.3 is 0 Å². The van der Waals surface area contributed by atoms with Crippen LogP contribution in [0.2, 0.25) is 0 Å². The fraction of sp³-hybridized carbons (Fsp3) is 0.227. The molecule has 0 fully saturated rings. The first-order valence-electron chi connectivity index (χ1n) is 9.12. The number of likely N-dealkylation sites (N-methyl/N-ethyl adjacent to an activating group) is 1. The highest BCUT2D eigenvalue weighted by Gasteiger charge is 2.09. The molecular weight excluding hydrogens is 350 g/mol. The van der Waals surface area contributed by atoms with Gasteiger partial charge in [-0.25, -0.2) is 4.98 Å². The van der Waals surface area contributed by atoms with E-state index in [9.17, 15) is 4.79 Å². The van der Waals surface area contributed by atoms with Crippen LogP contribution < -0.4 is 10.6 Å². The Hall–Kier alpha value is -3.25. The molecule has 0 radical (unpaired) electrons. The second kappa shape index (κ2) is 8.63. The SMILES string of the molecule is CNc1cnc(C)c(-c2cccc(-c3ccnc(NC(=O)CN(C)C)c3)c2)c1. The summed E-state index contributed by atoms with van der Waals surface area (Å²) in [5.41, 5.74) is 6.17. The number of aryl methyl sites for hydroxylation is 1. The molecule has 2 N–H and O–H groups in total. The first kappa shape index (κ1) is 19.5. The minimum atomic E-state index is -0.0889. The Labute approximate surface area is 165 Å². The van der Waals surface area contributed by atoms with Crippen molar-refractivity contribution in [3.63, 3.8) is 0 Å². The quantitative estimate of drug-likeness (QED) is 0.688. The summed E-state index contributed by atoms with van der Waals surface area (Å²) in [6.07, 6.45) is 3.54. The molecular formula is C22H25N5O. The van der Waals surface area contributed by atoms with Crippen molar-refractivity contribution in [1.82, 2.24) is 14.9 Å². The van der Waals surface area contributed by atoms with Gasteiger partial charge in [-0.2, -0.15) is 0 Å². The zero-order chi connectivity index (χ0) is 20.1. The third-order valence-corrected chi connectivity index (χ3v) is 4.37. The number of hydrogen-bond donors (Lipinski definition) is 2. The predicted molar refractivity (Wildman–Crippen MR) is 114 cm³/mol. The molecule has 3 aromatic rings. The average molecular weight is 375 g/mol. The lowest BCUT2D eigenvalue weighted by atomic mass is 9.98.